The maximum absolute atomic E-state index is 12.7. The largest absolute Gasteiger partial charge is 0.625 e. The number of para-hydroxylation sites is 2. The molecular formula is C20H23BN2O5. The third-order valence-electron chi connectivity index (χ3n) is 5.92. The Morgan fingerprint density at radius 3 is 2.54 bits per heavy atom. The summed E-state index contributed by atoms with van der Waals surface area (Å²) in [4.78, 5) is 12.7. The summed E-state index contributed by atoms with van der Waals surface area (Å²) >= 11 is 0. The van der Waals surface area contributed by atoms with E-state index in [1.807, 2.05) is 42.5 Å². The van der Waals surface area contributed by atoms with Crippen LogP contribution in [0, 0.1) is 0 Å². The summed E-state index contributed by atoms with van der Waals surface area (Å²) in [5, 5.41) is 2.90. The summed E-state index contributed by atoms with van der Waals surface area (Å²) in [6.07, 6.45) is -0.120. The number of rotatable bonds is 5. The Bertz CT molecular complexity index is 848. The molecule has 146 valence electrons. The van der Waals surface area contributed by atoms with Crippen molar-refractivity contribution in [1.29, 1.82) is 0 Å². The highest BCUT2D eigenvalue weighted by molar-refractivity contribution is 6.54. The van der Waals surface area contributed by atoms with Crippen molar-refractivity contribution >= 4 is 18.5 Å². The summed E-state index contributed by atoms with van der Waals surface area (Å²) in [6, 6.07) is 16.6. The van der Waals surface area contributed by atoms with Gasteiger partial charge in [0.25, 0.3) is 5.91 Å². The lowest BCUT2D eigenvalue weighted by atomic mass is 9.94. The number of quaternary nitrogens is 1. The summed E-state index contributed by atoms with van der Waals surface area (Å²) in [6.45, 7) is 2.68. The quantitative estimate of drug-likeness (QED) is 0.802. The van der Waals surface area contributed by atoms with Crippen LogP contribution in [0.5, 0.6) is 5.75 Å². The first-order valence-corrected chi connectivity index (χ1v) is 9.73. The molecule has 3 aliphatic heterocycles. The number of carbonyl (C=O) groups is 1. The van der Waals surface area contributed by atoms with E-state index in [1.54, 1.807) is 12.1 Å². The van der Waals surface area contributed by atoms with Crippen molar-refractivity contribution in [2.75, 3.05) is 44.8 Å². The molecule has 2 aromatic rings. The summed E-state index contributed by atoms with van der Waals surface area (Å²) < 4.78 is 24.7. The minimum absolute atomic E-state index is 0.120. The van der Waals surface area contributed by atoms with Crippen LogP contribution in [0.2, 0.25) is 0 Å². The van der Waals surface area contributed by atoms with Crippen molar-refractivity contribution in [3.05, 3.63) is 60.2 Å². The standard InChI is InChI=1S/C20H23BN2O5/c24-20(22-16-6-2-1-3-7-16)18-8-4-5-9-19(18)25-15-17-14-23-10-12-26-21(23,28-17)27-13-11-23/h1-9,17H,10-15H2,(H,22,24). The van der Waals surface area contributed by atoms with E-state index in [9.17, 15) is 4.79 Å². The maximum atomic E-state index is 12.7. The first-order chi connectivity index (χ1) is 13.7. The van der Waals surface area contributed by atoms with Crippen LogP contribution in [-0.2, 0) is 14.0 Å². The Labute approximate surface area is 163 Å². The fraction of sp³-hybridized carbons (Fsp3) is 0.350. The Hall–Kier alpha value is -2.39. The van der Waals surface area contributed by atoms with Crippen LogP contribution in [0.4, 0.5) is 5.69 Å². The lowest BCUT2D eigenvalue weighted by Gasteiger charge is -2.37. The summed E-state index contributed by atoms with van der Waals surface area (Å²) in [7, 11) is 0. The molecule has 3 heterocycles. The van der Waals surface area contributed by atoms with Crippen molar-refractivity contribution < 1.29 is 27.9 Å². The van der Waals surface area contributed by atoms with E-state index in [0.29, 0.717) is 31.1 Å². The molecule has 0 aromatic heterocycles. The molecule has 1 unspecified atom stereocenters. The van der Waals surface area contributed by atoms with Gasteiger partial charge in [-0.15, -0.1) is 0 Å². The zero-order valence-corrected chi connectivity index (χ0v) is 15.6. The Balaban J connectivity index is 1.26. The average molecular weight is 382 g/mol. The molecule has 8 heteroatoms. The van der Waals surface area contributed by atoms with Crippen LogP contribution in [0.15, 0.2) is 54.6 Å². The number of nitrogens with one attached hydrogen (secondary N) is 1. The van der Waals surface area contributed by atoms with Gasteiger partial charge in [-0.05, 0) is 24.3 Å². The predicted octanol–water partition coefficient (Wildman–Crippen LogP) is 2.03. The minimum Gasteiger partial charge on any atom is -0.490 e. The number of ether oxygens (including phenoxy) is 1. The molecule has 0 spiro atoms. The van der Waals surface area contributed by atoms with Crippen molar-refractivity contribution in [3.8, 4) is 5.75 Å². The van der Waals surface area contributed by atoms with Crippen LogP contribution in [0.25, 0.3) is 0 Å². The fourth-order valence-electron chi connectivity index (χ4n) is 4.55. The van der Waals surface area contributed by atoms with Crippen molar-refractivity contribution in [3.63, 3.8) is 0 Å². The Morgan fingerprint density at radius 1 is 1.07 bits per heavy atom. The molecule has 2 aromatic carbocycles. The van der Waals surface area contributed by atoms with Crippen LogP contribution in [0.3, 0.4) is 0 Å². The molecular weight excluding hydrogens is 359 g/mol. The SMILES string of the molecule is O=C(Nc1ccccc1)c1ccccc1OCC1C[N+]23CCO[B-]2(OCC3)O1. The number of amides is 1. The number of hydrogen-bond acceptors (Lipinski definition) is 5. The molecule has 7 nitrogen and oxygen atoms in total. The van der Waals surface area contributed by atoms with Gasteiger partial charge in [0.05, 0.1) is 38.4 Å². The average Bonchev–Trinajstić information content (AvgIpc) is 3.29. The number of nitrogens with zero attached hydrogens (tertiary/aromatic N) is 1. The third-order valence-corrected chi connectivity index (χ3v) is 5.92. The molecule has 1 N–H and O–H groups in total. The van der Waals surface area contributed by atoms with Crippen LogP contribution >= 0.6 is 0 Å². The highest BCUT2D eigenvalue weighted by Gasteiger charge is 2.66. The van der Waals surface area contributed by atoms with E-state index >= 15 is 0 Å². The van der Waals surface area contributed by atoms with Gasteiger partial charge in [0.15, 0.2) is 0 Å². The fourth-order valence-corrected chi connectivity index (χ4v) is 4.55. The van der Waals surface area contributed by atoms with Gasteiger partial charge in [0, 0.05) is 5.69 Å². The minimum atomic E-state index is -1.69. The lowest BCUT2D eigenvalue weighted by molar-refractivity contribution is -0.816. The molecule has 3 saturated heterocycles. The molecule has 0 aliphatic carbocycles. The second-order valence-corrected chi connectivity index (χ2v) is 7.58. The van der Waals surface area contributed by atoms with Gasteiger partial charge in [0.1, 0.15) is 18.5 Å². The van der Waals surface area contributed by atoms with E-state index in [2.05, 4.69) is 5.32 Å². The van der Waals surface area contributed by atoms with E-state index in [1.165, 1.54) is 0 Å². The molecule has 1 atom stereocenters. The number of anilines is 1. The zero-order chi connectivity index (χ0) is 19.0. The first-order valence-electron chi connectivity index (χ1n) is 9.73. The molecule has 3 fully saturated rings. The molecule has 28 heavy (non-hydrogen) atoms. The topological polar surface area (TPSA) is 66.0 Å². The van der Waals surface area contributed by atoms with Crippen LogP contribution in [0.1, 0.15) is 10.4 Å². The Kier molecular flexibility index (Phi) is 4.36. The van der Waals surface area contributed by atoms with Crippen LogP contribution < -0.4 is 10.1 Å². The smallest absolute Gasteiger partial charge is 0.490 e. The second kappa shape index (κ2) is 6.90. The summed E-state index contributed by atoms with van der Waals surface area (Å²) in [5.74, 6) is 0.338. The number of carbonyl (C=O) groups excluding carboxylic acids is 1. The zero-order valence-electron chi connectivity index (χ0n) is 15.6. The second-order valence-electron chi connectivity index (χ2n) is 7.58. The highest BCUT2D eigenvalue weighted by atomic mass is 16.8. The molecule has 0 radical (unpaired) electrons. The van der Waals surface area contributed by atoms with Crippen LogP contribution in [-0.4, -0.2) is 62.7 Å². The Morgan fingerprint density at radius 2 is 1.79 bits per heavy atom. The van der Waals surface area contributed by atoms with Crippen molar-refractivity contribution in [2.24, 2.45) is 0 Å². The molecule has 1 amide bonds. The van der Waals surface area contributed by atoms with Gasteiger partial charge in [-0.1, -0.05) is 30.3 Å². The monoisotopic (exact) mass is 382 g/mol. The number of benzene rings is 2. The highest BCUT2D eigenvalue weighted by Crippen LogP contribution is 2.41. The maximum Gasteiger partial charge on any atom is 0.625 e. The van der Waals surface area contributed by atoms with Gasteiger partial charge in [-0.3, -0.25) is 4.79 Å². The molecule has 0 saturated carbocycles. The number of hydrogen-bond donors (Lipinski definition) is 1. The van der Waals surface area contributed by atoms with E-state index in [-0.39, 0.29) is 12.0 Å². The van der Waals surface area contributed by atoms with Crippen molar-refractivity contribution in [1.82, 2.24) is 0 Å². The predicted molar refractivity (Wildman–Crippen MR) is 104 cm³/mol. The third kappa shape index (κ3) is 2.89. The molecule has 3 aliphatic rings. The molecule has 0 bridgehead atoms. The molecule has 5 rings (SSSR count). The van der Waals surface area contributed by atoms with Gasteiger partial charge in [-0.25, -0.2) is 0 Å². The van der Waals surface area contributed by atoms with E-state index in [4.69, 9.17) is 18.7 Å². The normalized spacial score (nSPS) is 30.6. The first kappa shape index (κ1) is 17.7. The van der Waals surface area contributed by atoms with E-state index < -0.39 is 6.89 Å². The van der Waals surface area contributed by atoms with Gasteiger partial charge >= 0.3 is 6.89 Å². The lowest BCUT2D eigenvalue weighted by Crippen LogP contribution is -2.59. The van der Waals surface area contributed by atoms with Gasteiger partial charge < -0.3 is 28.4 Å². The summed E-state index contributed by atoms with van der Waals surface area (Å²) in [5.41, 5.74) is 1.24. The van der Waals surface area contributed by atoms with Gasteiger partial charge in [-0.2, -0.15) is 0 Å². The van der Waals surface area contributed by atoms with Gasteiger partial charge in [0.2, 0.25) is 0 Å². The van der Waals surface area contributed by atoms with E-state index in [0.717, 1.165) is 29.7 Å². The van der Waals surface area contributed by atoms with Crippen molar-refractivity contribution in [2.45, 2.75) is 6.10 Å².